The molecule has 0 atom stereocenters. The van der Waals surface area contributed by atoms with E-state index in [2.05, 4.69) is 15.3 Å². The average molecular weight is 229 g/mol. The number of aromatic nitrogens is 2. The van der Waals surface area contributed by atoms with Crippen LogP contribution in [0.1, 0.15) is 16.2 Å². The van der Waals surface area contributed by atoms with Gasteiger partial charge in [-0.1, -0.05) is 6.07 Å². The fourth-order valence-electron chi connectivity index (χ4n) is 1.35. The Morgan fingerprint density at radius 2 is 1.94 bits per heavy atom. The zero-order chi connectivity index (χ0) is 12.3. The van der Waals surface area contributed by atoms with Gasteiger partial charge in [0.05, 0.1) is 23.6 Å². The molecule has 0 bridgehead atoms. The molecule has 2 rings (SSSR count). The molecule has 2 N–H and O–H groups in total. The highest BCUT2D eigenvalue weighted by atomic mass is 16.4. The fourth-order valence-corrected chi connectivity index (χ4v) is 1.35. The maximum Gasteiger partial charge on any atom is 0.335 e. The summed E-state index contributed by atoms with van der Waals surface area (Å²) in [4.78, 5) is 18.9. The normalized spacial score (nSPS) is 9.94. The van der Waals surface area contributed by atoms with Crippen LogP contribution in [0, 0.1) is 6.92 Å². The second kappa shape index (κ2) is 4.61. The van der Waals surface area contributed by atoms with E-state index in [1.807, 2.05) is 0 Å². The highest BCUT2D eigenvalue weighted by Crippen LogP contribution is 2.16. The van der Waals surface area contributed by atoms with Crippen molar-refractivity contribution in [2.24, 2.45) is 0 Å². The third kappa shape index (κ3) is 2.78. The summed E-state index contributed by atoms with van der Waals surface area (Å²) in [7, 11) is 0. The number of anilines is 2. The molecule has 0 spiro atoms. The predicted molar refractivity (Wildman–Crippen MR) is 63.5 cm³/mol. The maximum atomic E-state index is 10.8. The van der Waals surface area contributed by atoms with Crippen molar-refractivity contribution < 1.29 is 9.90 Å². The molecule has 1 aromatic carbocycles. The van der Waals surface area contributed by atoms with Crippen molar-refractivity contribution in [3.63, 3.8) is 0 Å². The van der Waals surface area contributed by atoms with E-state index >= 15 is 0 Å². The SMILES string of the molecule is Cc1ncc(Nc2cccc(C(=O)O)c2)cn1. The molecule has 86 valence electrons. The van der Waals surface area contributed by atoms with Crippen LogP contribution in [0.5, 0.6) is 0 Å². The third-order valence-corrected chi connectivity index (χ3v) is 2.18. The largest absolute Gasteiger partial charge is 0.478 e. The molecular weight excluding hydrogens is 218 g/mol. The minimum Gasteiger partial charge on any atom is -0.478 e. The highest BCUT2D eigenvalue weighted by molar-refractivity contribution is 5.89. The lowest BCUT2D eigenvalue weighted by Gasteiger charge is -2.06. The van der Waals surface area contributed by atoms with Crippen LogP contribution in [0.2, 0.25) is 0 Å². The summed E-state index contributed by atoms with van der Waals surface area (Å²) in [6.45, 7) is 1.80. The van der Waals surface area contributed by atoms with Gasteiger partial charge in [0.1, 0.15) is 5.82 Å². The molecule has 1 aromatic heterocycles. The number of nitrogens with zero attached hydrogens (tertiary/aromatic N) is 2. The van der Waals surface area contributed by atoms with Gasteiger partial charge in [0, 0.05) is 5.69 Å². The molecule has 17 heavy (non-hydrogen) atoms. The number of carboxylic acid groups (broad SMARTS) is 1. The van der Waals surface area contributed by atoms with Gasteiger partial charge in [-0.15, -0.1) is 0 Å². The van der Waals surface area contributed by atoms with Gasteiger partial charge in [-0.25, -0.2) is 14.8 Å². The molecule has 0 radical (unpaired) electrons. The minimum atomic E-state index is -0.950. The Balaban J connectivity index is 2.21. The number of nitrogens with one attached hydrogen (secondary N) is 1. The Kier molecular flexibility index (Phi) is 3.00. The molecule has 0 saturated heterocycles. The Hall–Kier alpha value is -2.43. The van der Waals surface area contributed by atoms with E-state index in [1.54, 1.807) is 43.6 Å². The molecule has 0 aliphatic rings. The van der Waals surface area contributed by atoms with E-state index < -0.39 is 5.97 Å². The first-order chi connectivity index (χ1) is 8.15. The van der Waals surface area contributed by atoms with Crippen molar-refractivity contribution >= 4 is 17.3 Å². The van der Waals surface area contributed by atoms with Gasteiger partial charge < -0.3 is 10.4 Å². The van der Waals surface area contributed by atoms with Gasteiger partial charge in [-0.2, -0.15) is 0 Å². The van der Waals surface area contributed by atoms with E-state index in [0.717, 1.165) is 5.69 Å². The molecule has 5 nitrogen and oxygen atoms in total. The molecule has 0 saturated carbocycles. The monoisotopic (exact) mass is 229 g/mol. The van der Waals surface area contributed by atoms with Crippen LogP contribution >= 0.6 is 0 Å². The van der Waals surface area contributed by atoms with Gasteiger partial charge in [0.25, 0.3) is 0 Å². The fraction of sp³-hybridized carbons (Fsp3) is 0.0833. The number of rotatable bonds is 3. The van der Waals surface area contributed by atoms with Crippen molar-refractivity contribution in [1.82, 2.24) is 9.97 Å². The number of aromatic carboxylic acids is 1. The zero-order valence-electron chi connectivity index (χ0n) is 9.21. The molecule has 5 heteroatoms. The third-order valence-electron chi connectivity index (χ3n) is 2.18. The number of carboxylic acids is 1. The number of hydrogen-bond acceptors (Lipinski definition) is 4. The van der Waals surface area contributed by atoms with Crippen LogP contribution in [-0.4, -0.2) is 21.0 Å². The van der Waals surface area contributed by atoms with E-state index in [-0.39, 0.29) is 5.56 Å². The minimum absolute atomic E-state index is 0.239. The van der Waals surface area contributed by atoms with E-state index in [9.17, 15) is 4.79 Å². The van der Waals surface area contributed by atoms with Crippen molar-refractivity contribution in [1.29, 1.82) is 0 Å². The quantitative estimate of drug-likeness (QED) is 0.844. The van der Waals surface area contributed by atoms with E-state index in [0.29, 0.717) is 11.5 Å². The molecular formula is C12H11N3O2. The lowest BCUT2D eigenvalue weighted by atomic mass is 10.2. The van der Waals surface area contributed by atoms with Crippen LogP contribution < -0.4 is 5.32 Å². The molecule has 1 heterocycles. The van der Waals surface area contributed by atoms with Gasteiger partial charge in [0.2, 0.25) is 0 Å². The maximum absolute atomic E-state index is 10.8. The first kappa shape index (κ1) is 11.1. The number of aryl methyl sites for hydroxylation is 1. The standard InChI is InChI=1S/C12H11N3O2/c1-8-13-6-11(7-14-8)15-10-4-2-3-9(5-10)12(16)17/h2-7,15H,1H3,(H,16,17). The summed E-state index contributed by atoms with van der Waals surface area (Å²) >= 11 is 0. The summed E-state index contributed by atoms with van der Waals surface area (Å²) < 4.78 is 0. The summed E-state index contributed by atoms with van der Waals surface area (Å²) in [6, 6.07) is 6.56. The Morgan fingerprint density at radius 3 is 2.59 bits per heavy atom. The molecule has 0 aliphatic carbocycles. The Labute approximate surface area is 98.2 Å². The van der Waals surface area contributed by atoms with Crippen LogP contribution in [0.15, 0.2) is 36.7 Å². The van der Waals surface area contributed by atoms with Crippen molar-refractivity contribution in [2.45, 2.75) is 6.92 Å². The first-order valence-corrected chi connectivity index (χ1v) is 5.04. The van der Waals surface area contributed by atoms with Crippen molar-refractivity contribution in [3.8, 4) is 0 Å². The van der Waals surface area contributed by atoms with Gasteiger partial charge in [-0.3, -0.25) is 0 Å². The van der Waals surface area contributed by atoms with E-state index in [1.165, 1.54) is 0 Å². The van der Waals surface area contributed by atoms with Crippen LogP contribution in [0.25, 0.3) is 0 Å². The summed E-state index contributed by atoms with van der Waals surface area (Å²) in [5.41, 5.74) is 1.65. The second-order valence-electron chi connectivity index (χ2n) is 3.53. The number of hydrogen-bond donors (Lipinski definition) is 2. The summed E-state index contributed by atoms with van der Waals surface area (Å²) in [6.07, 6.45) is 3.30. The predicted octanol–water partition coefficient (Wildman–Crippen LogP) is 2.23. The van der Waals surface area contributed by atoms with Crippen LogP contribution in [0.3, 0.4) is 0 Å². The zero-order valence-corrected chi connectivity index (χ0v) is 9.21. The average Bonchev–Trinajstić information content (AvgIpc) is 2.32. The molecule has 0 unspecified atom stereocenters. The van der Waals surface area contributed by atoms with Crippen LogP contribution in [0.4, 0.5) is 11.4 Å². The van der Waals surface area contributed by atoms with Crippen molar-refractivity contribution in [2.75, 3.05) is 5.32 Å². The Morgan fingerprint density at radius 1 is 1.24 bits per heavy atom. The first-order valence-electron chi connectivity index (χ1n) is 5.04. The van der Waals surface area contributed by atoms with Gasteiger partial charge in [0.15, 0.2) is 0 Å². The number of benzene rings is 1. The van der Waals surface area contributed by atoms with Crippen molar-refractivity contribution in [3.05, 3.63) is 48.0 Å². The molecule has 0 fully saturated rings. The number of carbonyl (C=O) groups is 1. The summed E-state index contributed by atoms with van der Waals surface area (Å²) in [5, 5.41) is 11.9. The van der Waals surface area contributed by atoms with Gasteiger partial charge >= 0.3 is 5.97 Å². The molecule has 0 aliphatic heterocycles. The second-order valence-corrected chi connectivity index (χ2v) is 3.53. The highest BCUT2D eigenvalue weighted by Gasteiger charge is 2.03. The van der Waals surface area contributed by atoms with Crippen LogP contribution in [-0.2, 0) is 0 Å². The smallest absolute Gasteiger partial charge is 0.335 e. The lowest BCUT2D eigenvalue weighted by Crippen LogP contribution is -1.98. The topological polar surface area (TPSA) is 75.1 Å². The Bertz CT molecular complexity index is 538. The molecule has 2 aromatic rings. The molecule has 0 amide bonds. The summed E-state index contributed by atoms with van der Waals surface area (Å²) in [5.74, 6) is -0.261. The lowest BCUT2D eigenvalue weighted by molar-refractivity contribution is 0.0697. The van der Waals surface area contributed by atoms with E-state index in [4.69, 9.17) is 5.11 Å². The van der Waals surface area contributed by atoms with Gasteiger partial charge in [-0.05, 0) is 25.1 Å².